The second kappa shape index (κ2) is 8.69. The molecule has 0 amide bonds. The standard InChI is InChI=1S/C22H29N5O2/c1-7-26(8-2)17-9-10-19(14(3)13-17)24-20-16(5)25-27-21(20)23-15(4)18(22(27)28)11-12-29-6/h9-10,13H,7-8,11-12H2,1-6H3. The molecule has 154 valence electrons. The Kier molecular flexibility index (Phi) is 6.27. The van der Waals surface area contributed by atoms with Crippen molar-refractivity contribution in [2.75, 3.05) is 31.7 Å². The van der Waals surface area contributed by atoms with Crippen molar-refractivity contribution in [1.29, 1.82) is 0 Å². The first-order valence-electron chi connectivity index (χ1n) is 10.0. The highest BCUT2D eigenvalue weighted by atomic mass is 16.5. The fourth-order valence-corrected chi connectivity index (χ4v) is 3.55. The van der Waals surface area contributed by atoms with E-state index in [1.807, 2.05) is 26.8 Å². The molecule has 0 saturated carbocycles. The first-order chi connectivity index (χ1) is 13.9. The van der Waals surface area contributed by atoms with E-state index in [1.54, 1.807) is 7.11 Å². The molecule has 0 fully saturated rings. The molecule has 2 aromatic rings. The van der Waals surface area contributed by atoms with E-state index in [2.05, 4.69) is 41.0 Å². The molecule has 0 saturated heterocycles. The number of aryl methyl sites for hydroxylation is 2. The molecule has 1 aliphatic heterocycles. The maximum atomic E-state index is 12.9. The van der Waals surface area contributed by atoms with Crippen molar-refractivity contribution in [3.63, 3.8) is 0 Å². The summed E-state index contributed by atoms with van der Waals surface area (Å²) in [5.41, 5.74) is 5.62. The molecule has 0 bridgehead atoms. The minimum absolute atomic E-state index is 0.150. The summed E-state index contributed by atoms with van der Waals surface area (Å²) >= 11 is 0. The van der Waals surface area contributed by atoms with Crippen LogP contribution in [0.2, 0.25) is 0 Å². The van der Waals surface area contributed by atoms with Gasteiger partial charge in [0, 0.05) is 43.6 Å². The van der Waals surface area contributed by atoms with E-state index in [0.717, 1.165) is 24.3 Å². The zero-order valence-corrected chi connectivity index (χ0v) is 18.1. The number of anilines is 1. The molecule has 3 rings (SSSR count). The molecule has 0 N–H and O–H groups in total. The van der Waals surface area contributed by atoms with Crippen LogP contribution in [0.5, 0.6) is 0 Å². The van der Waals surface area contributed by atoms with Gasteiger partial charge in [0.05, 0.1) is 18.0 Å². The van der Waals surface area contributed by atoms with Gasteiger partial charge < -0.3 is 9.64 Å². The van der Waals surface area contributed by atoms with Crippen molar-refractivity contribution in [3.8, 4) is 0 Å². The van der Waals surface area contributed by atoms with Crippen molar-refractivity contribution >= 4 is 22.8 Å². The van der Waals surface area contributed by atoms with Crippen LogP contribution >= 0.6 is 0 Å². The van der Waals surface area contributed by atoms with Gasteiger partial charge in [-0.25, -0.2) is 9.98 Å². The van der Waals surface area contributed by atoms with Crippen LogP contribution in [0.3, 0.4) is 0 Å². The van der Waals surface area contributed by atoms with Gasteiger partial charge in [-0.2, -0.15) is 9.78 Å². The number of nitrogens with zero attached hydrogens (tertiary/aromatic N) is 5. The van der Waals surface area contributed by atoms with Gasteiger partial charge in [0.2, 0.25) is 0 Å². The zero-order chi connectivity index (χ0) is 21.1. The van der Waals surface area contributed by atoms with Crippen LogP contribution in [0.1, 0.15) is 43.4 Å². The SMILES string of the molecule is CCN(CC)c1ccc(N=C2C(C)=Nn3c2nc(C)c(CCOC)c3=O)c(C)c1. The summed E-state index contributed by atoms with van der Waals surface area (Å²) in [5.74, 6) is 0.499. The average Bonchev–Trinajstić information content (AvgIpc) is 3.00. The summed E-state index contributed by atoms with van der Waals surface area (Å²) < 4.78 is 6.48. The van der Waals surface area contributed by atoms with Crippen molar-refractivity contribution in [3.05, 3.63) is 51.2 Å². The van der Waals surface area contributed by atoms with Gasteiger partial charge in [-0.15, -0.1) is 0 Å². The summed E-state index contributed by atoms with van der Waals surface area (Å²) in [6, 6.07) is 6.25. The fraction of sp³-hybridized carbons (Fsp3) is 0.455. The number of methoxy groups -OCH3 is 1. The lowest BCUT2D eigenvalue weighted by Gasteiger charge is -2.21. The van der Waals surface area contributed by atoms with E-state index in [0.29, 0.717) is 41.5 Å². The van der Waals surface area contributed by atoms with Crippen molar-refractivity contribution in [2.45, 2.75) is 41.0 Å². The van der Waals surface area contributed by atoms with Crippen LogP contribution in [-0.2, 0) is 11.2 Å². The number of aliphatic imine (C=N–C) groups is 1. The zero-order valence-electron chi connectivity index (χ0n) is 18.1. The van der Waals surface area contributed by atoms with Crippen LogP contribution in [0.4, 0.5) is 11.4 Å². The van der Waals surface area contributed by atoms with E-state index in [1.165, 1.54) is 10.4 Å². The van der Waals surface area contributed by atoms with Crippen molar-refractivity contribution in [1.82, 2.24) is 9.66 Å². The van der Waals surface area contributed by atoms with Crippen LogP contribution in [0, 0.1) is 13.8 Å². The molecule has 0 unspecified atom stereocenters. The summed E-state index contributed by atoms with van der Waals surface area (Å²) in [5, 5.41) is 4.42. The van der Waals surface area contributed by atoms with Crippen LogP contribution in [0.15, 0.2) is 33.1 Å². The Hall–Kier alpha value is -2.80. The Morgan fingerprint density at radius 2 is 1.90 bits per heavy atom. The smallest absolute Gasteiger partial charge is 0.278 e. The van der Waals surface area contributed by atoms with E-state index in [4.69, 9.17) is 9.73 Å². The second-order valence-corrected chi connectivity index (χ2v) is 7.15. The van der Waals surface area contributed by atoms with Gasteiger partial charge in [0.25, 0.3) is 5.56 Å². The molecule has 0 atom stereocenters. The second-order valence-electron chi connectivity index (χ2n) is 7.15. The molecule has 7 heteroatoms. The third-order valence-corrected chi connectivity index (χ3v) is 5.26. The minimum Gasteiger partial charge on any atom is -0.384 e. The first kappa shape index (κ1) is 20.9. The number of ether oxygens (including phenoxy) is 1. The highest BCUT2D eigenvalue weighted by Crippen LogP contribution is 2.26. The quantitative estimate of drug-likeness (QED) is 0.721. The van der Waals surface area contributed by atoms with E-state index >= 15 is 0 Å². The van der Waals surface area contributed by atoms with Gasteiger partial charge in [-0.05, 0) is 58.4 Å². The van der Waals surface area contributed by atoms with Gasteiger partial charge in [0.1, 0.15) is 5.71 Å². The number of hydrogen-bond donors (Lipinski definition) is 0. The molecule has 2 heterocycles. The van der Waals surface area contributed by atoms with Gasteiger partial charge in [-0.3, -0.25) is 4.79 Å². The highest BCUT2D eigenvalue weighted by molar-refractivity contribution is 6.48. The summed E-state index contributed by atoms with van der Waals surface area (Å²) in [4.78, 5) is 24.7. The summed E-state index contributed by atoms with van der Waals surface area (Å²) in [7, 11) is 1.62. The Morgan fingerprint density at radius 1 is 1.17 bits per heavy atom. The molecule has 7 nitrogen and oxygen atoms in total. The Morgan fingerprint density at radius 3 is 2.52 bits per heavy atom. The number of benzene rings is 1. The third kappa shape index (κ3) is 4.00. The van der Waals surface area contributed by atoms with E-state index < -0.39 is 0 Å². The Balaban J connectivity index is 2.04. The lowest BCUT2D eigenvalue weighted by Crippen LogP contribution is -2.27. The third-order valence-electron chi connectivity index (χ3n) is 5.26. The van der Waals surface area contributed by atoms with Crippen molar-refractivity contribution in [2.24, 2.45) is 10.1 Å². The van der Waals surface area contributed by atoms with Crippen LogP contribution in [-0.4, -0.2) is 47.9 Å². The normalized spacial score (nSPS) is 14.3. The Labute approximate surface area is 171 Å². The predicted molar refractivity (Wildman–Crippen MR) is 118 cm³/mol. The van der Waals surface area contributed by atoms with Crippen LogP contribution in [0.25, 0.3) is 0 Å². The van der Waals surface area contributed by atoms with E-state index in [9.17, 15) is 4.79 Å². The minimum atomic E-state index is -0.150. The molecule has 1 aromatic heterocycles. The fourth-order valence-electron chi connectivity index (χ4n) is 3.55. The van der Waals surface area contributed by atoms with Crippen molar-refractivity contribution < 1.29 is 4.74 Å². The highest BCUT2D eigenvalue weighted by Gasteiger charge is 2.25. The summed E-state index contributed by atoms with van der Waals surface area (Å²) in [6.45, 7) is 12.4. The molecule has 1 aliphatic rings. The van der Waals surface area contributed by atoms with E-state index in [-0.39, 0.29) is 5.56 Å². The maximum absolute atomic E-state index is 12.9. The number of rotatable bonds is 7. The number of hydrogen-bond acceptors (Lipinski definition) is 6. The predicted octanol–water partition coefficient (Wildman–Crippen LogP) is 3.25. The molecule has 0 spiro atoms. The van der Waals surface area contributed by atoms with Gasteiger partial charge in [-0.1, -0.05) is 0 Å². The topological polar surface area (TPSA) is 72.1 Å². The number of fused-ring (bicyclic) bond motifs is 1. The lowest BCUT2D eigenvalue weighted by molar-refractivity contribution is 0.201. The molecular formula is C22H29N5O2. The molecule has 0 radical (unpaired) electrons. The molecular weight excluding hydrogens is 366 g/mol. The maximum Gasteiger partial charge on any atom is 0.278 e. The first-order valence-corrected chi connectivity index (χ1v) is 10.0. The molecule has 1 aromatic carbocycles. The average molecular weight is 396 g/mol. The largest absolute Gasteiger partial charge is 0.384 e. The monoisotopic (exact) mass is 395 g/mol. The molecule has 29 heavy (non-hydrogen) atoms. The number of aromatic nitrogens is 2. The van der Waals surface area contributed by atoms with Gasteiger partial charge in [0.15, 0.2) is 5.82 Å². The van der Waals surface area contributed by atoms with Crippen LogP contribution < -0.4 is 10.5 Å². The Bertz CT molecular complexity index is 1030. The lowest BCUT2D eigenvalue weighted by atomic mass is 10.1. The molecule has 0 aliphatic carbocycles. The summed E-state index contributed by atoms with van der Waals surface area (Å²) in [6.07, 6.45) is 0.515. The van der Waals surface area contributed by atoms with Gasteiger partial charge >= 0.3 is 0 Å².